The molecule has 0 radical (unpaired) electrons. The molecule has 0 fully saturated rings. The molecule has 2 rings (SSSR count). The topological polar surface area (TPSA) is 17.1 Å². The van der Waals surface area contributed by atoms with Crippen molar-refractivity contribution in [2.24, 2.45) is 0 Å². The molecule has 0 saturated heterocycles. The highest BCUT2D eigenvalue weighted by atomic mass is 35.5. The zero-order chi connectivity index (χ0) is 13.8. The van der Waals surface area contributed by atoms with Crippen LogP contribution in [-0.4, -0.2) is 5.78 Å². The maximum Gasteiger partial charge on any atom is 0.164 e. The standard InChI is InChI=1S/C15H11Cl3O/c16-11-6-7-12(14(18)9-11)15(19)8-5-10-3-1-2-4-13(10)17/h1-4,6-7,9H,5,8H2. The Kier molecular flexibility index (Phi) is 4.87. The Morgan fingerprint density at radius 3 is 2.37 bits per heavy atom. The predicted molar refractivity (Wildman–Crippen MR) is 80.6 cm³/mol. The number of hydrogen-bond donors (Lipinski definition) is 0. The molecule has 4 heteroatoms. The molecule has 0 aliphatic carbocycles. The highest BCUT2D eigenvalue weighted by molar-refractivity contribution is 6.36. The van der Waals surface area contributed by atoms with Gasteiger partial charge in [-0.1, -0.05) is 53.0 Å². The number of hydrogen-bond acceptors (Lipinski definition) is 1. The van der Waals surface area contributed by atoms with Gasteiger partial charge in [-0.15, -0.1) is 0 Å². The van der Waals surface area contributed by atoms with Crippen molar-refractivity contribution < 1.29 is 4.79 Å². The second kappa shape index (κ2) is 6.42. The number of aryl methyl sites for hydroxylation is 1. The van der Waals surface area contributed by atoms with Crippen LogP contribution in [0.5, 0.6) is 0 Å². The van der Waals surface area contributed by atoms with Gasteiger partial charge in [-0.2, -0.15) is 0 Å². The van der Waals surface area contributed by atoms with Crippen molar-refractivity contribution in [1.82, 2.24) is 0 Å². The Morgan fingerprint density at radius 1 is 0.947 bits per heavy atom. The van der Waals surface area contributed by atoms with E-state index in [0.29, 0.717) is 33.5 Å². The number of benzene rings is 2. The van der Waals surface area contributed by atoms with E-state index in [2.05, 4.69) is 0 Å². The summed E-state index contributed by atoms with van der Waals surface area (Å²) < 4.78 is 0. The fraction of sp³-hybridized carbons (Fsp3) is 0.133. The minimum Gasteiger partial charge on any atom is -0.294 e. The van der Waals surface area contributed by atoms with Gasteiger partial charge in [0.25, 0.3) is 0 Å². The third-order valence-corrected chi connectivity index (χ3v) is 3.73. The maximum absolute atomic E-state index is 12.1. The van der Waals surface area contributed by atoms with E-state index in [1.165, 1.54) is 0 Å². The van der Waals surface area contributed by atoms with E-state index in [1.54, 1.807) is 18.2 Å². The lowest BCUT2D eigenvalue weighted by molar-refractivity contribution is 0.0983. The van der Waals surface area contributed by atoms with Gasteiger partial charge in [0.15, 0.2) is 5.78 Å². The quantitative estimate of drug-likeness (QED) is 0.685. The van der Waals surface area contributed by atoms with Crippen molar-refractivity contribution in [2.75, 3.05) is 0 Å². The zero-order valence-corrected chi connectivity index (χ0v) is 12.3. The Hall–Kier alpha value is -1.02. The average molecular weight is 314 g/mol. The van der Waals surface area contributed by atoms with Crippen LogP contribution in [0.2, 0.25) is 15.1 Å². The van der Waals surface area contributed by atoms with Gasteiger partial charge in [0, 0.05) is 22.0 Å². The Morgan fingerprint density at radius 2 is 1.68 bits per heavy atom. The lowest BCUT2D eigenvalue weighted by Gasteiger charge is -2.05. The molecule has 0 atom stereocenters. The van der Waals surface area contributed by atoms with E-state index in [4.69, 9.17) is 34.8 Å². The van der Waals surface area contributed by atoms with Crippen molar-refractivity contribution in [3.63, 3.8) is 0 Å². The molecule has 0 unspecified atom stereocenters. The largest absolute Gasteiger partial charge is 0.294 e. The third-order valence-electron chi connectivity index (χ3n) is 2.81. The highest BCUT2D eigenvalue weighted by Gasteiger charge is 2.11. The second-order valence-corrected chi connectivity index (χ2v) is 5.39. The number of carbonyl (C=O) groups is 1. The van der Waals surface area contributed by atoms with E-state index < -0.39 is 0 Å². The molecule has 0 aromatic heterocycles. The van der Waals surface area contributed by atoms with Gasteiger partial charge >= 0.3 is 0 Å². The second-order valence-electron chi connectivity index (χ2n) is 4.14. The van der Waals surface area contributed by atoms with Gasteiger partial charge in [0.1, 0.15) is 0 Å². The molecule has 0 saturated carbocycles. The first-order chi connectivity index (χ1) is 9.08. The lowest BCUT2D eigenvalue weighted by atomic mass is 10.0. The summed E-state index contributed by atoms with van der Waals surface area (Å²) in [6.07, 6.45) is 0.961. The van der Waals surface area contributed by atoms with Gasteiger partial charge in [-0.05, 0) is 36.2 Å². The van der Waals surface area contributed by atoms with E-state index in [-0.39, 0.29) is 5.78 Å². The molecule has 19 heavy (non-hydrogen) atoms. The van der Waals surface area contributed by atoms with Crippen LogP contribution in [0, 0.1) is 0 Å². The average Bonchev–Trinajstić information content (AvgIpc) is 2.37. The van der Waals surface area contributed by atoms with Crippen molar-refractivity contribution >= 4 is 40.6 Å². The highest BCUT2D eigenvalue weighted by Crippen LogP contribution is 2.23. The van der Waals surface area contributed by atoms with Crippen LogP contribution in [0.25, 0.3) is 0 Å². The summed E-state index contributed by atoms with van der Waals surface area (Å²) in [5.74, 6) is -0.0124. The minimum atomic E-state index is -0.0124. The van der Waals surface area contributed by atoms with E-state index in [9.17, 15) is 4.79 Å². The summed E-state index contributed by atoms with van der Waals surface area (Å²) in [6.45, 7) is 0. The summed E-state index contributed by atoms with van der Waals surface area (Å²) in [4.78, 5) is 12.1. The molecular weight excluding hydrogens is 303 g/mol. The molecule has 0 aliphatic rings. The van der Waals surface area contributed by atoms with Crippen LogP contribution in [0.4, 0.5) is 0 Å². The van der Waals surface area contributed by atoms with Crippen molar-refractivity contribution in [3.8, 4) is 0 Å². The minimum absolute atomic E-state index is 0.0124. The summed E-state index contributed by atoms with van der Waals surface area (Å²) in [5.41, 5.74) is 1.46. The molecule has 0 amide bonds. The van der Waals surface area contributed by atoms with E-state index in [1.807, 2.05) is 24.3 Å². The summed E-state index contributed by atoms with van der Waals surface area (Å²) >= 11 is 17.9. The van der Waals surface area contributed by atoms with Crippen LogP contribution < -0.4 is 0 Å². The monoisotopic (exact) mass is 312 g/mol. The molecule has 2 aromatic carbocycles. The smallest absolute Gasteiger partial charge is 0.164 e. The first-order valence-corrected chi connectivity index (χ1v) is 6.93. The van der Waals surface area contributed by atoms with Crippen LogP contribution >= 0.6 is 34.8 Å². The van der Waals surface area contributed by atoms with Gasteiger partial charge in [-0.25, -0.2) is 0 Å². The molecule has 2 aromatic rings. The molecule has 0 spiro atoms. The molecule has 0 bridgehead atoms. The normalized spacial score (nSPS) is 10.5. The molecule has 0 heterocycles. The molecule has 98 valence electrons. The summed E-state index contributed by atoms with van der Waals surface area (Å²) in [6, 6.07) is 12.4. The van der Waals surface area contributed by atoms with Crippen LogP contribution in [0.15, 0.2) is 42.5 Å². The van der Waals surface area contributed by atoms with E-state index in [0.717, 1.165) is 5.56 Å². The van der Waals surface area contributed by atoms with Crippen molar-refractivity contribution in [3.05, 3.63) is 68.7 Å². The Bertz CT molecular complexity index is 608. The Balaban J connectivity index is 2.08. The molecule has 1 nitrogen and oxygen atoms in total. The van der Waals surface area contributed by atoms with Gasteiger partial charge in [-0.3, -0.25) is 4.79 Å². The molecular formula is C15H11Cl3O. The number of halogens is 3. The van der Waals surface area contributed by atoms with Crippen LogP contribution in [0.3, 0.4) is 0 Å². The fourth-order valence-electron chi connectivity index (χ4n) is 1.80. The number of ketones is 1. The lowest BCUT2D eigenvalue weighted by Crippen LogP contribution is -2.02. The SMILES string of the molecule is O=C(CCc1ccccc1Cl)c1ccc(Cl)cc1Cl. The first-order valence-electron chi connectivity index (χ1n) is 5.79. The van der Waals surface area contributed by atoms with Gasteiger partial charge in [0.2, 0.25) is 0 Å². The predicted octanol–water partition coefficient (Wildman–Crippen LogP) is 5.46. The fourth-order valence-corrected chi connectivity index (χ4v) is 2.54. The summed E-state index contributed by atoms with van der Waals surface area (Å²) in [5, 5.41) is 1.59. The molecule has 0 aliphatic heterocycles. The van der Waals surface area contributed by atoms with E-state index >= 15 is 0 Å². The number of carbonyl (C=O) groups excluding carboxylic acids is 1. The number of rotatable bonds is 4. The van der Waals surface area contributed by atoms with Crippen molar-refractivity contribution in [1.29, 1.82) is 0 Å². The van der Waals surface area contributed by atoms with Crippen LogP contribution in [-0.2, 0) is 6.42 Å². The molecule has 0 N–H and O–H groups in total. The van der Waals surface area contributed by atoms with Crippen molar-refractivity contribution in [2.45, 2.75) is 12.8 Å². The summed E-state index contributed by atoms with van der Waals surface area (Å²) in [7, 11) is 0. The van der Waals surface area contributed by atoms with Gasteiger partial charge in [0.05, 0.1) is 5.02 Å². The van der Waals surface area contributed by atoms with Crippen LogP contribution in [0.1, 0.15) is 22.3 Å². The number of Topliss-reactive ketones (excluding diaryl/α,β-unsaturated/α-hetero) is 1. The maximum atomic E-state index is 12.1. The first kappa shape index (κ1) is 14.4. The Labute approximate surface area is 127 Å². The third kappa shape index (κ3) is 3.73. The van der Waals surface area contributed by atoms with Gasteiger partial charge < -0.3 is 0 Å². The zero-order valence-electron chi connectivity index (χ0n) is 10.00.